The number of aromatic nitrogens is 2. The van der Waals surface area contributed by atoms with Crippen LogP contribution in [0.15, 0.2) is 15.6 Å². The summed E-state index contributed by atoms with van der Waals surface area (Å²) < 4.78 is 37.1. The Balaban J connectivity index is 2.54. The summed E-state index contributed by atoms with van der Waals surface area (Å²) in [5, 5.41) is 2.21. The van der Waals surface area contributed by atoms with Crippen molar-refractivity contribution in [2.75, 3.05) is 13.1 Å². The molecule has 8 heteroatoms. The molecule has 0 aliphatic rings. The molecule has 0 bridgehead atoms. The molecule has 0 saturated heterocycles. The lowest BCUT2D eigenvalue weighted by Gasteiger charge is -2.09. The minimum absolute atomic E-state index is 0.0522. The number of aryl methyl sites for hydroxylation is 1. The van der Waals surface area contributed by atoms with Crippen LogP contribution in [0.1, 0.15) is 5.69 Å². The third kappa shape index (κ3) is 4.47. The fourth-order valence-corrected chi connectivity index (χ4v) is 1.47. The standard InChI is InChI=1S/C9H11BrF3N3O/c1-6-7(10)8(17)16(5-15-6)3-2-14-4-9(11,12)13/h5,14H,2-4H2,1H3. The highest BCUT2D eigenvalue weighted by Gasteiger charge is 2.25. The number of halogens is 4. The molecule has 0 radical (unpaired) electrons. The van der Waals surface area contributed by atoms with Crippen LogP contribution in [0, 0.1) is 6.92 Å². The first-order chi connectivity index (χ1) is 7.81. The molecule has 0 unspecified atom stereocenters. The van der Waals surface area contributed by atoms with Crippen molar-refractivity contribution < 1.29 is 13.2 Å². The van der Waals surface area contributed by atoms with Crippen LogP contribution in [0.5, 0.6) is 0 Å². The Kier molecular flexibility index (Phi) is 4.70. The maximum atomic E-state index is 11.8. The molecule has 0 atom stereocenters. The molecule has 0 amide bonds. The number of nitrogens with one attached hydrogen (secondary N) is 1. The molecule has 1 aromatic heterocycles. The highest BCUT2D eigenvalue weighted by atomic mass is 79.9. The van der Waals surface area contributed by atoms with Gasteiger partial charge in [-0.2, -0.15) is 13.2 Å². The van der Waals surface area contributed by atoms with Gasteiger partial charge in [0.2, 0.25) is 0 Å². The summed E-state index contributed by atoms with van der Waals surface area (Å²) in [4.78, 5) is 15.5. The van der Waals surface area contributed by atoms with Crippen LogP contribution in [0.4, 0.5) is 13.2 Å². The van der Waals surface area contributed by atoms with E-state index in [0.717, 1.165) is 0 Å². The van der Waals surface area contributed by atoms with Crippen molar-refractivity contribution in [2.45, 2.75) is 19.6 Å². The maximum Gasteiger partial charge on any atom is 0.401 e. The minimum Gasteiger partial charge on any atom is -0.307 e. The summed E-state index contributed by atoms with van der Waals surface area (Å²) in [6.45, 7) is 0.789. The first-order valence-electron chi connectivity index (χ1n) is 4.80. The van der Waals surface area contributed by atoms with E-state index in [1.54, 1.807) is 6.92 Å². The molecule has 4 nitrogen and oxygen atoms in total. The number of hydrogen-bond donors (Lipinski definition) is 1. The Morgan fingerprint density at radius 1 is 1.53 bits per heavy atom. The smallest absolute Gasteiger partial charge is 0.307 e. The van der Waals surface area contributed by atoms with Crippen LogP contribution < -0.4 is 10.9 Å². The van der Waals surface area contributed by atoms with Crippen molar-refractivity contribution in [1.82, 2.24) is 14.9 Å². The summed E-state index contributed by atoms with van der Waals surface area (Å²) in [6.07, 6.45) is -2.92. The van der Waals surface area contributed by atoms with Crippen LogP contribution in [0.2, 0.25) is 0 Å². The third-order valence-corrected chi connectivity index (χ3v) is 2.92. The van der Waals surface area contributed by atoms with Gasteiger partial charge >= 0.3 is 6.18 Å². The van der Waals surface area contributed by atoms with Gasteiger partial charge in [0.15, 0.2) is 0 Å². The van der Waals surface area contributed by atoms with Gasteiger partial charge in [0.05, 0.1) is 18.6 Å². The second kappa shape index (κ2) is 5.63. The summed E-state index contributed by atoms with van der Waals surface area (Å²) in [6, 6.07) is 0. The molecule has 1 N–H and O–H groups in total. The topological polar surface area (TPSA) is 46.9 Å². The molecule has 0 saturated carbocycles. The zero-order valence-corrected chi connectivity index (χ0v) is 10.6. The molecule has 0 aliphatic heterocycles. The number of rotatable bonds is 4. The lowest BCUT2D eigenvalue weighted by Crippen LogP contribution is -2.33. The van der Waals surface area contributed by atoms with E-state index in [2.05, 4.69) is 26.2 Å². The Bertz CT molecular complexity index is 444. The molecule has 1 rings (SSSR count). The Morgan fingerprint density at radius 2 is 2.18 bits per heavy atom. The fourth-order valence-electron chi connectivity index (χ4n) is 1.14. The zero-order valence-electron chi connectivity index (χ0n) is 9.01. The highest BCUT2D eigenvalue weighted by molar-refractivity contribution is 9.10. The summed E-state index contributed by atoms with van der Waals surface area (Å²) >= 11 is 3.07. The molecule has 1 heterocycles. The molecule has 0 fully saturated rings. The van der Waals surface area contributed by atoms with Gasteiger partial charge in [-0.05, 0) is 22.9 Å². The van der Waals surface area contributed by atoms with Crippen LogP contribution in [-0.2, 0) is 6.54 Å². The second-order valence-corrected chi connectivity index (χ2v) is 4.23. The first-order valence-corrected chi connectivity index (χ1v) is 5.59. The minimum atomic E-state index is -4.24. The molecule has 0 aromatic carbocycles. The molecule has 0 aliphatic carbocycles. The van der Waals surface area contributed by atoms with Crippen molar-refractivity contribution in [1.29, 1.82) is 0 Å². The highest BCUT2D eigenvalue weighted by Crippen LogP contribution is 2.11. The normalized spacial score (nSPS) is 11.8. The Morgan fingerprint density at radius 3 is 2.76 bits per heavy atom. The summed E-state index contributed by atoms with van der Waals surface area (Å²) in [5.41, 5.74) is 0.251. The van der Waals surface area contributed by atoms with Gasteiger partial charge in [0.25, 0.3) is 5.56 Å². The van der Waals surface area contributed by atoms with Gasteiger partial charge in [-0.25, -0.2) is 4.98 Å². The van der Waals surface area contributed by atoms with Gasteiger partial charge in [0, 0.05) is 13.1 Å². The molecule has 96 valence electrons. The Hall–Kier alpha value is -0.890. The summed E-state index contributed by atoms with van der Waals surface area (Å²) in [7, 11) is 0. The SMILES string of the molecule is Cc1ncn(CCNCC(F)(F)F)c(=O)c1Br. The van der Waals surface area contributed by atoms with E-state index >= 15 is 0 Å². The maximum absolute atomic E-state index is 11.8. The van der Waals surface area contributed by atoms with Gasteiger partial charge in [-0.1, -0.05) is 0 Å². The van der Waals surface area contributed by atoms with E-state index in [1.165, 1.54) is 10.9 Å². The van der Waals surface area contributed by atoms with Crippen LogP contribution >= 0.6 is 15.9 Å². The predicted molar refractivity (Wildman–Crippen MR) is 59.9 cm³/mol. The predicted octanol–water partition coefficient (Wildman–Crippen LogP) is 1.47. The van der Waals surface area contributed by atoms with Crippen LogP contribution in [0.3, 0.4) is 0 Å². The van der Waals surface area contributed by atoms with E-state index in [-0.39, 0.29) is 18.6 Å². The molecular weight excluding hydrogens is 303 g/mol. The van der Waals surface area contributed by atoms with E-state index < -0.39 is 12.7 Å². The van der Waals surface area contributed by atoms with Gasteiger partial charge in [-0.15, -0.1) is 0 Å². The largest absolute Gasteiger partial charge is 0.401 e. The monoisotopic (exact) mass is 313 g/mol. The third-order valence-electron chi connectivity index (χ3n) is 2.01. The second-order valence-electron chi connectivity index (χ2n) is 3.43. The quantitative estimate of drug-likeness (QED) is 0.856. The van der Waals surface area contributed by atoms with E-state index in [9.17, 15) is 18.0 Å². The van der Waals surface area contributed by atoms with Crippen LogP contribution in [-0.4, -0.2) is 28.8 Å². The van der Waals surface area contributed by atoms with Crippen molar-refractivity contribution in [3.63, 3.8) is 0 Å². The van der Waals surface area contributed by atoms with Gasteiger partial charge in [-0.3, -0.25) is 9.36 Å². The van der Waals surface area contributed by atoms with Crippen molar-refractivity contribution in [3.05, 3.63) is 26.8 Å². The van der Waals surface area contributed by atoms with Gasteiger partial charge in [0.1, 0.15) is 4.47 Å². The summed E-state index contributed by atoms with van der Waals surface area (Å²) in [5.74, 6) is 0. The average Bonchev–Trinajstić information content (AvgIpc) is 2.22. The number of nitrogens with zero attached hydrogens (tertiary/aromatic N) is 2. The van der Waals surface area contributed by atoms with E-state index in [0.29, 0.717) is 10.2 Å². The van der Waals surface area contributed by atoms with Crippen LogP contribution in [0.25, 0.3) is 0 Å². The average molecular weight is 314 g/mol. The van der Waals surface area contributed by atoms with Crippen molar-refractivity contribution in [3.8, 4) is 0 Å². The molecule has 17 heavy (non-hydrogen) atoms. The lowest BCUT2D eigenvalue weighted by molar-refractivity contribution is -0.124. The van der Waals surface area contributed by atoms with Crippen molar-refractivity contribution >= 4 is 15.9 Å². The number of hydrogen-bond acceptors (Lipinski definition) is 3. The van der Waals surface area contributed by atoms with E-state index in [4.69, 9.17) is 0 Å². The molecule has 0 spiro atoms. The molecular formula is C9H11BrF3N3O. The Labute approximate surface area is 104 Å². The lowest BCUT2D eigenvalue weighted by atomic mass is 10.4. The van der Waals surface area contributed by atoms with Crippen molar-refractivity contribution in [2.24, 2.45) is 0 Å². The zero-order chi connectivity index (χ0) is 13.1. The number of alkyl halides is 3. The fraction of sp³-hybridized carbons (Fsp3) is 0.556. The van der Waals surface area contributed by atoms with Gasteiger partial charge < -0.3 is 5.32 Å². The first kappa shape index (κ1) is 14.2. The molecule has 1 aromatic rings. The van der Waals surface area contributed by atoms with E-state index in [1.807, 2.05) is 0 Å².